The van der Waals surface area contributed by atoms with Crippen LogP contribution < -0.4 is 0 Å². The molecular formula is C13H12O2. The second-order valence-corrected chi connectivity index (χ2v) is 3.49. The SMILES string of the molecule is Cc1ccc(-c2ccccc2)c(O)c1O. The minimum atomic E-state index is -0.0544. The molecule has 0 heterocycles. The summed E-state index contributed by atoms with van der Waals surface area (Å²) in [5, 5.41) is 19.4. The molecule has 0 saturated heterocycles. The summed E-state index contributed by atoms with van der Waals surface area (Å²) < 4.78 is 0. The molecule has 2 aromatic rings. The first-order chi connectivity index (χ1) is 7.20. The fraction of sp³-hybridized carbons (Fsp3) is 0.0769. The average Bonchev–Trinajstić information content (AvgIpc) is 2.27. The zero-order valence-corrected chi connectivity index (χ0v) is 8.44. The third-order valence-electron chi connectivity index (χ3n) is 2.44. The van der Waals surface area contributed by atoms with Crippen LogP contribution in [0.1, 0.15) is 5.56 Å². The molecule has 0 aliphatic rings. The third kappa shape index (κ3) is 1.66. The van der Waals surface area contributed by atoms with Gasteiger partial charge in [0.2, 0.25) is 0 Å². The molecule has 0 spiro atoms. The summed E-state index contributed by atoms with van der Waals surface area (Å²) >= 11 is 0. The molecular weight excluding hydrogens is 188 g/mol. The highest BCUT2D eigenvalue weighted by Crippen LogP contribution is 2.38. The van der Waals surface area contributed by atoms with Crippen molar-refractivity contribution in [1.82, 2.24) is 0 Å². The lowest BCUT2D eigenvalue weighted by atomic mass is 10.0. The number of phenolic OH excluding ortho intramolecular Hbond substituents is 2. The van der Waals surface area contributed by atoms with Gasteiger partial charge in [-0.1, -0.05) is 42.5 Å². The number of aryl methyl sites for hydroxylation is 1. The van der Waals surface area contributed by atoms with Crippen molar-refractivity contribution in [2.45, 2.75) is 6.92 Å². The van der Waals surface area contributed by atoms with Crippen LogP contribution in [0.5, 0.6) is 11.5 Å². The number of benzene rings is 2. The Morgan fingerprint density at radius 2 is 1.47 bits per heavy atom. The van der Waals surface area contributed by atoms with Gasteiger partial charge in [0.1, 0.15) is 0 Å². The van der Waals surface area contributed by atoms with Crippen molar-refractivity contribution in [3.63, 3.8) is 0 Å². The lowest BCUT2D eigenvalue weighted by Gasteiger charge is -2.08. The highest BCUT2D eigenvalue weighted by atomic mass is 16.3. The molecule has 0 amide bonds. The fourth-order valence-electron chi connectivity index (χ4n) is 1.53. The van der Waals surface area contributed by atoms with Crippen LogP contribution >= 0.6 is 0 Å². The standard InChI is InChI=1S/C13H12O2/c1-9-7-8-11(13(15)12(9)14)10-5-3-2-4-6-10/h2-8,14-15H,1H3. The van der Waals surface area contributed by atoms with Crippen molar-refractivity contribution in [3.05, 3.63) is 48.0 Å². The minimum Gasteiger partial charge on any atom is -0.504 e. The van der Waals surface area contributed by atoms with Crippen molar-refractivity contribution in [2.24, 2.45) is 0 Å². The molecule has 0 saturated carbocycles. The average molecular weight is 200 g/mol. The van der Waals surface area contributed by atoms with Crippen molar-refractivity contribution in [3.8, 4) is 22.6 Å². The molecule has 0 fully saturated rings. The number of phenols is 2. The molecule has 0 radical (unpaired) electrons. The smallest absolute Gasteiger partial charge is 0.165 e. The highest BCUT2D eigenvalue weighted by molar-refractivity contribution is 5.74. The Morgan fingerprint density at radius 3 is 2.13 bits per heavy atom. The van der Waals surface area contributed by atoms with E-state index < -0.39 is 0 Å². The van der Waals surface area contributed by atoms with E-state index in [1.54, 1.807) is 19.1 Å². The highest BCUT2D eigenvalue weighted by Gasteiger charge is 2.09. The van der Waals surface area contributed by atoms with E-state index in [2.05, 4.69) is 0 Å². The summed E-state index contributed by atoms with van der Waals surface area (Å²) in [5.74, 6) is -0.0995. The monoisotopic (exact) mass is 200 g/mol. The molecule has 0 atom stereocenters. The Balaban J connectivity index is 2.60. The van der Waals surface area contributed by atoms with Gasteiger partial charge in [-0.3, -0.25) is 0 Å². The van der Waals surface area contributed by atoms with Crippen LogP contribution in [-0.4, -0.2) is 10.2 Å². The molecule has 0 bridgehead atoms. The van der Waals surface area contributed by atoms with Gasteiger partial charge in [-0.15, -0.1) is 0 Å². The number of hydrogen-bond donors (Lipinski definition) is 2. The molecule has 0 unspecified atom stereocenters. The van der Waals surface area contributed by atoms with Crippen molar-refractivity contribution in [1.29, 1.82) is 0 Å². The van der Waals surface area contributed by atoms with Crippen LogP contribution in [0, 0.1) is 6.92 Å². The first-order valence-corrected chi connectivity index (χ1v) is 4.77. The summed E-state index contributed by atoms with van der Waals surface area (Å²) in [6, 6.07) is 13.1. The van der Waals surface area contributed by atoms with Gasteiger partial charge in [-0.05, 0) is 18.1 Å². The first kappa shape index (κ1) is 9.59. The normalized spacial score (nSPS) is 10.2. The van der Waals surface area contributed by atoms with E-state index in [0.717, 1.165) is 5.56 Å². The Hall–Kier alpha value is -1.96. The third-order valence-corrected chi connectivity index (χ3v) is 2.44. The minimum absolute atomic E-state index is 0.0450. The van der Waals surface area contributed by atoms with Crippen LogP contribution in [-0.2, 0) is 0 Å². The van der Waals surface area contributed by atoms with E-state index in [9.17, 15) is 10.2 Å². The second-order valence-electron chi connectivity index (χ2n) is 3.49. The van der Waals surface area contributed by atoms with Crippen molar-refractivity contribution in [2.75, 3.05) is 0 Å². The topological polar surface area (TPSA) is 40.5 Å². The summed E-state index contributed by atoms with van der Waals surface area (Å²) in [6.45, 7) is 1.75. The van der Waals surface area contributed by atoms with Gasteiger partial charge in [0.15, 0.2) is 11.5 Å². The van der Waals surface area contributed by atoms with E-state index in [1.807, 2.05) is 30.3 Å². The van der Waals surface area contributed by atoms with Crippen LogP contribution in [0.4, 0.5) is 0 Å². The van der Waals surface area contributed by atoms with E-state index in [4.69, 9.17) is 0 Å². The maximum atomic E-state index is 9.78. The fourth-order valence-corrected chi connectivity index (χ4v) is 1.53. The van der Waals surface area contributed by atoms with Crippen molar-refractivity contribution < 1.29 is 10.2 Å². The predicted octanol–water partition coefficient (Wildman–Crippen LogP) is 3.07. The van der Waals surface area contributed by atoms with Gasteiger partial charge in [0, 0.05) is 5.56 Å². The van der Waals surface area contributed by atoms with E-state index in [1.165, 1.54) is 0 Å². The second kappa shape index (κ2) is 3.65. The molecule has 2 rings (SSSR count). The Morgan fingerprint density at radius 1 is 0.800 bits per heavy atom. The zero-order valence-electron chi connectivity index (χ0n) is 8.44. The van der Waals surface area contributed by atoms with E-state index in [-0.39, 0.29) is 11.5 Å². The van der Waals surface area contributed by atoms with Crippen LogP contribution in [0.2, 0.25) is 0 Å². The lowest BCUT2D eigenvalue weighted by molar-refractivity contribution is 0.402. The number of aromatic hydroxyl groups is 2. The lowest BCUT2D eigenvalue weighted by Crippen LogP contribution is -1.82. The van der Waals surface area contributed by atoms with Gasteiger partial charge in [-0.25, -0.2) is 0 Å². The van der Waals surface area contributed by atoms with Crippen LogP contribution in [0.3, 0.4) is 0 Å². The number of rotatable bonds is 1. The van der Waals surface area contributed by atoms with Crippen molar-refractivity contribution >= 4 is 0 Å². The first-order valence-electron chi connectivity index (χ1n) is 4.77. The molecule has 76 valence electrons. The molecule has 15 heavy (non-hydrogen) atoms. The zero-order chi connectivity index (χ0) is 10.8. The van der Waals surface area contributed by atoms with Gasteiger partial charge in [0.05, 0.1) is 0 Å². The quantitative estimate of drug-likeness (QED) is 0.694. The molecule has 2 aromatic carbocycles. The van der Waals surface area contributed by atoms with Gasteiger partial charge >= 0.3 is 0 Å². The Labute approximate surface area is 88.4 Å². The number of hydrogen-bond acceptors (Lipinski definition) is 2. The van der Waals surface area contributed by atoms with E-state index >= 15 is 0 Å². The largest absolute Gasteiger partial charge is 0.504 e. The van der Waals surface area contributed by atoms with Gasteiger partial charge in [0.25, 0.3) is 0 Å². The summed E-state index contributed by atoms with van der Waals surface area (Å²) in [6.07, 6.45) is 0. The molecule has 0 aromatic heterocycles. The summed E-state index contributed by atoms with van der Waals surface area (Å²) in [7, 11) is 0. The molecule has 2 N–H and O–H groups in total. The van der Waals surface area contributed by atoms with Crippen LogP contribution in [0.15, 0.2) is 42.5 Å². The maximum Gasteiger partial charge on any atom is 0.165 e. The molecule has 0 aliphatic heterocycles. The predicted molar refractivity (Wildman–Crippen MR) is 59.9 cm³/mol. The summed E-state index contributed by atoms with van der Waals surface area (Å²) in [5.41, 5.74) is 2.22. The summed E-state index contributed by atoms with van der Waals surface area (Å²) in [4.78, 5) is 0. The Kier molecular flexibility index (Phi) is 2.34. The molecule has 0 aliphatic carbocycles. The molecule has 2 heteroatoms. The molecule has 2 nitrogen and oxygen atoms in total. The Bertz CT molecular complexity index is 475. The van der Waals surface area contributed by atoms with Gasteiger partial charge < -0.3 is 10.2 Å². The van der Waals surface area contributed by atoms with Crippen LogP contribution in [0.25, 0.3) is 11.1 Å². The van der Waals surface area contributed by atoms with Gasteiger partial charge in [-0.2, -0.15) is 0 Å². The van der Waals surface area contributed by atoms with E-state index in [0.29, 0.717) is 11.1 Å². The maximum absolute atomic E-state index is 9.78.